The van der Waals surface area contributed by atoms with Crippen molar-refractivity contribution in [3.8, 4) is 6.07 Å². The second kappa shape index (κ2) is 5.29. The van der Waals surface area contributed by atoms with Crippen molar-refractivity contribution in [2.45, 2.75) is 32.2 Å². The lowest BCUT2D eigenvalue weighted by Crippen LogP contribution is -2.22. The van der Waals surface area contributed by atoms with Gasteiger partial charge in [-0.3, -0.25) is 0 Å². The van der Waals surface area contributed by atoms with E-state index < -0.39 is 0 Å². The smallest absolute Gasteiger partial charge is 0.182 e. The second-order valence-electron chi connectivity index (χ2n) is 5.02. The first-order valence-corrected chi connectivity index (χ1v) is 6.76. The van der Waals surface area contributed by atoms with Crippen LogP contribution in [0.3, 0.4) is 0 Å². The molecule has 1 aliphatic heterocycles. The highest BCUT2D eigenvalue weighted by molar-refractivity contribution is 5.46. The Bertz CT molecular complexity index is 654. The minimum absolute atomic E-state index is 0.336. The van der Waals surface area contributed by atoms with Gasteiger partial charge in [-0.2, -0.15) is 5.26 Å². The van der Waals surface area contributed by atoms with E-state index in [0.29, 0.717) is 17.4 Å². The summed E-state index contributed by atoms with van der Waals surface area (Å²) < 4.78 is 2.23. The summed E-state index contributed by atoms with van der Waals surface area (Å²) in [5.74, 6) is 2.03. The molecule has 0 fully saturated rings. The molecule has 102 valence electrons. The van der Waals surface area contributed by atoms with E-state index in [0.717, 1.165) is 37.4 Å². The summed E-state index contributed by atoms with van der Waals surface area (Å²) in [7, 11) is 0. The highest BCUT2D eigenvalue weighted by atomic mass is 15.1. The summed E-state index contributed by atoms with van der Waals surface area (Å²) in [6.07, 6.45) is 7.48. The predicted octanol–water partition coefficient (Wildman–Crippen LogP) is 1.84. The van der Waals surface area contributed by atoms with Crippen LogP contribution in [0.2, 0.25) is 0 Å². The van der Waals surface area contributed by atoms with E-state index in [1.165, 1.54) is 6.20 Å². The Kier molecular flexibility index (Phi) is 3.33. The second-order valence-corrected chi connectivity index (χ2v) is 5.02. The van der Waals surface area contributed by atoms with Crippen molar-refractivity contribution in [3.05, 3.63) is 35.8 Å². The maximum atomic E-state index is 9.01. The molecule has 0 radical (unpaired) electrons. The van der Waals surface area contributed by atoms with Gasteiger partial charge in [0.15, 0.2) is 11.5 Å². The van der Waals surface area contributed by atoms with Gasteiger partial charge in [0.2, 0.25) is 0 Å². The lowest BCUT2D eigenvalue weighted by Gasteiger charge is -2.23. The number of hydrogen-bond donors (Lipinski definition) is 1. The Morgan fingerprint density at radius 2 is 2.30 bits per heavy atom. The third-order valence-corrected chi connectivity index (χ3v) is 3.56. The number of hydrogen-bond acceptors (Lipinski definition) is 5. The molecule has 0 bridgehead atoms. The molecule has 0 spiro atoms. The Balaban J connectivity index is 1.75. The normalized spacial score (nSPS) is 17.3. The highest BCUT2D eigenvalue weighted by Gasteiger charge is 2.22. The van der Waals surface area contributed by atoms with Crippen LogP contribution in [0.1, 0.15) is 36.0 Å². The molecular formula is C14H16N6. The summed E-state index contributed by atoms with van der Waals surface area (Å²) in [5, 5.41) is 12.2. The molecule has 3 heterocycles. The molecule has 0 aliphatic carbocycles. The number of imidazole rings is 1. The van der Waals surface area contributed by atoms with E-state index >= 15 is 0 Å². The van der Waals surface area contributed by atoms with Gasteiger partial charge >= 0.3 is 0 Å². The maximum absolute atomic E-state index is 9.01. The van der Waals surface area contributed by atoms with Crippen LogP contribution in [0, 0.1) is 18.3 Å². The van der Waals surface area contributed by atoms with Crippen LogP contribution in [0.25, 0.3) is 0 Å². The first kappa shape index (κ1) is 12.6. The standard InChI is InChI=1S/C14H16N6/c1-10-9-20-6-2-3-11(14(20)19-10)8-18-13-12(7-15)16-4-5-17-13/h4-5,9,11H,2-3,6,8H2,1H3,(H,17,18). The van der Waals surface area contributed by atoms with E-state index in [-0.39, 0.29) is 0 Å². The number of fused-ring (bicyclic) bond motifs is 1. The molecule has 0 amide bonds. The quantitative estimate of drug-likeness (QED) is 0.918. The molecule has 2 aromatic heterocycles. The molecule has 3 rings (SSSR count). The zero-order valence-electron chi connectivity index (χ0n) is 11.4. The fraction of sp³-hybridized carbons (Fsp3) is 0.429. The van der Waals surface area contributed by atoms with E-state index in [4.69, 9.17) is 5.26 Å². The fourth-order valence-corrected chi connectivity index (χ4v) is 2.67. The molecule has 6 heteroatoms. The third kappa shape index (κ3) is 2.35. The number of nitrogens with one attached hydrogen (secondary N) is 1. The maximum Gasteiger partial charge on any atom is 0.182 e. The monoisotopic (exact) mass is 268 g/mol. The topological polar surface area (TPSA) is 79.4 Å². The number of nitrogens with zero attached hydrogens (tertiary/aromatic N) is 5. The fourth-order valence-electron chi connectivity index (χ4n) is 2.67. The Labute approximate surface area is 117 Å². The van der Waals surface area contributed by atoms with Gasteiger partial charge in [-0.25, -0.2) is 15.0 Å². The van der Waals surface area contributed by atoms with Crippen molar-refractivity contribution in [2.24, 2.45) is 0 Å². The molecule has 1 unspecified atom stereocenters. The predicted molar refractivity (Wildman–Crippen MR) is 74.2 cm³/mol. The largest absolute Gasteiger partial charge is 0.367 e. The van der Waals surface area contributed by atoms with Gasteiger partial charge < -0.3 is 9.88 Å². The Hall–Kier alpha value is -2.42. The van der Waals surface area contributed by atoms with Gasteiger partial charge in [-0.1, -0.05) is 0 Å². The zero-order chi connectivity index (χ0) is 13.9. The van der Waals surface area contributed by atoms with Crippen LogP contribution in [-0.4, -0.2) is 26.1 Å². The van der Waals surface area contributed by atoms with Crippen molar-refractivity contribution < 1.29 is 0 Å². The minimum Gasteiger partial charge on any atom is -0.367 e. The molecular weight excluding hydrogens is 252 g/mol. The first-order chi connectivity index (χ1) is 9.78. The average Bonchev–Trinajstić information content (AvgIpc) is 2.86. The van der Waals surface area contributed by atoms with Gasteiger partial charge in [0.1, 0.15) is 11.9 Å². The van der Waals surface area contributed by atoms with Gasteiger partial charge in [-0.05, 0) is 19.8 Å². The highest BCUT2D eigenvalue weighted by Crippen LogP contribution is 2.27. The minimum atomic E-state index is 0.336. The van der Waals surface area contributed by atoms with E-state index in [9.17, 15) is 0 Å². The third-order valence-electron chi connectivity index (χ3n) is 3.56. The van der Waals surface area contributed by atoms with E-state index in [1.54, 1.807) is 6.20 Å². The van der Waals surface area contributed by atoms with Crippen molar-refractivity contribution in [1.29, 1.82) is 5.26 Å². The lowest BCUT2D eigenvalue weighted by molar-refractivity contribution is 0.453. The van der Waals surface area contributed by atoms with Crippen LogP contribution in [0.5, 0.6) is 0 Å². The molecule has 1 atom stereocenters. The van der Waals surface area contributed by atoms with Gasteiger partial charge in [0, 0.05) is 37.6 Å². The average molecular weight is 268 g/mol. The zero-order valence-corrected chi connectivity index (χ0v) is 11.4. The van der Waals surface area contributed by atoms with E-state index in [1.807, 2.05) is 13.0 Å². The molecule has 2 aromatic rings. The number of anilines is 1. The Morgan fingerprint density at radius 3 is 3.15 bits per heavy atom. The molecule has 0 aromatic carbocycles. The molecule has 0 saturated heterocycles. The van der Waals surface area contributed by atoms with Crippen LogP contribution < -0.4 is 5.32 Å². The number of nitriles is 1. The summed E-state index contributed by atoms with van der Waals surface area (Å²) >= 11 is 0. The van der Waals surface area contributed by atoms with Crippen LogP contribution in [0.4, 0.5) is 5.82 Å². The molecule has 1 N–H and O–H groups in total. The van der Waals surface area contributed by atoms with Gasteiger partial charge in [0.05, 0.1) is 5.69 Å². The summed E-state index contributed by atoms with van der Waals surface area (Å²) in [4.78, 5) is 12.8. The number of aromatic nitrogens is 4. The lowest BCUT2D eigenvalue weighted by atomic mass is 9.99. The van der Waals surface area contributed by atoms with Crippen LogP contribution in [-0.2, 0) is 6.54 Å². The number of aryl methyl sites for hydroxylation is 2. The Morgan fingerprint density at radius 1 is 1.45 bits per heavy atom. The summed E-state index contributed by atoms with van der Waals surface area (Å²) in [5.41, 5.74) is 1.40. The van der Waals surface area contributed by atoms with Crippen molar-refractivity contribution in [1.82, 2.24) is 19.5 Å². The number of rotatable bonds is 3. The van der Waals surface area contributed by atoms with Crippen LogP contribution in [0.15, 0.2) is 18.6 Å². The SMILES string of the molecule is Cc1cn2c(n1)C(CNc1nccnc1C#N)CCC2. The first-order valence-electron chi connectivity index (χ1n) is 6.76. The van der Waals surface area contributed by atoms with Crippen molar-refractivity contribution in [3.63, 3.8) is 0 Å². The van der Waals surface area contributed by atoms with Crippen molar-refractivity contribution in [2.75, 3.05) is 11.9 Å². The summed E-state index contributed by atoms with van der Waals surface area (Å²) in [6.45, 7) is 3.79. The van der Waals surface area contributed by atoms with Gasteiger partial charge in [0.25, 0.3) is 0 Å². The van der Waals surface area contributed by atoms with E-state index in [2.05, 4.69) is 31.0 Å². The van der Waals surface area contributed by atoms with Gasteiger partial charge in [-0.15, -0.1) is 0 Å². The molecule has 0 saturated carbocycles. The van der Waals surface area contributed by atoms with Crippen molar-refractivity contribution >= 4 is 5.82 Å². The molecule has 1 aliphatic rings. The van der Waals surface area contributed by atoms with Crippen LogP contribution >= 0.6 is 0 Å². The molecule has 6 nitrogen and oxygen atoms in total. The summed E-state index contributed by atoms with van der Waals surface area (Å²) in [6, 6.07) is 2.05. The molecule has 20 heavy (non-hydrogen) atoms.